The maximum atomic E-state index is 13.5. The molecule has 10 heteroatoms. The fourth-order valence-electron chi connectivity index (χ4n) is 2.03. The van der Waals surface area contributed by atoms with Crippen molar-refractivity contribution in [1.82, 2.24) is 0 Å². The van der Waals surface area contributed by atoms with E-state index >= 15 is 0 Å². The third-order valence-corrected chi connectivity index (χ3v) is 4.23. The first kappa shape index (κ1) is 19.1. The molecular weight excluding hydrogens is 371 g/mol. The van der Waals surface area contributed by atoms with Gasteiger partial charge >= 0.3 is 5.76 Å². The summed E-state index contributed by atoms with van der Waals surface area (Å²) in [6, 6.07) is 9.06. The lowest BCUT2D eigenvalue weighted by Crippen LogP contribution is -2.21. The van der Waals surface area contributed by atoms with Gasteiger partial charge in [0.15, 0.2) is 0 Å². The molecule has 0 spiro atoms. The van der Waals surface area contributed by atoms with Gasteiger partial charge in [-0.25, -0.2) is 12.8 Å². The highest BCUT2D eigenvalue weighted by molar-refractivity contribution is 7.93. The Morgan fingerprint density at radius 1 is 1.15 bits per heavy atom. The van der Waals surface area contributed by atoms with Gasteiger partial charge in [-0.3, -0.25) is 4.72 Å². The monoisotopic (exact) mass is 381 g/mol. The summed E-state index contributed by atoms with van der Waals surface area (Å²) in [5.74, 6) is -4.48. The van der Waals surface area contributed by atoms with Crippen LogP contribution in [0.4, 0.5) is 18.9 Å². The van der Waals surface area contributed by atoms with E-state index in [0.717, 1.165) is 18.2 Å². The van der Waals surface area contributed by atoms with Crippen LogP contribution in [-0.2, 0) is 10.0 Å². The molecule has 26 heavy (non-hydrogen) atoms. The Kier molecular flexibility index (Phi) is 5.38. The number of nitriles is 2. The van der Waals surface area contributed by atoms with Crippen LogP contribution in [0.5, 0.6) is 11.5 Å². The van der Waals surface area contributed by atoms with Crippen LogP contribution in [0, 0.1) is 35.4 Å². The highest BCUT2D eigenvalue weighted by Crippen LogP contribution is 2.32. The van der Waals surface area contributed by atoms with Gasteiger partial charge in [-0.2, -0.15) is 19.3 Å². The second-order valence-electron chi connectivity index (χ2n) is 5.02. The Hall–Kier alpha value is -3.24. The fraction of sp³-hybridized carbons (Fsp3) is 0.125. The Morgan fingerprint density at radius 2 is 1.85 bits per heavy atom. The van der Waals surface area contributed by atoms with E-state index in [9.17, 15) is 26.9 Å². The number of benzene rings is 2. The summed E-state index contributed by atoms with van der Waals surface area (Å²) in [5.41, 5.74) is -0.309. The summed E-state index contributed by atoms with van der Waals surface area (Å²) in [6.45, 7) is 1.33. The fourth-order valence-corrected chi connectivity index (χ4v) is 2.65. The molecule has 6 nitrogen and oxygen atoms in total. The van der Waals surface area contributed by atoms with Crippen molar-refractivity contribution in [2.75, 3.05) is 4.72 Å². The topological polar surface area (TPSA) is 103 Å². The quantitative estimate of drug-likeness (QED) is 0.852. The minimum atomic E-state index is -4.90. The van der Waals surface area contributed by atoms with E-state index in [-0.39, 0.29) is 33.9 Å². The number of sulfonamides is 1. The second kappa shape index (κ2) is 7.33. The Morgan fingerprint density at radius 3 is 2.42 bits per heavy atom. The van der Waals surface area contributed by atoms with Crippen molar-refractivity contribution in [2.45, 2.75) is 12.7 Å². The molecule has 134 valence electrons. The summed E-state index contributed by atoms with van der Waals surface area (Å²) in [4.78, 5) is 0. The van der Waals surface area contributed by atoms with E-state index in [0.29, 0.717) is 0 Å². The molecule has 0 aliphatic carbocycles. The number of ether oxygens (including phenoxy) is 1. The van der Waals surface area contributed by atoms with Gasteiger partial charge in [0.05, 0.1) is 22.9 Å². The SMILES string of the molecule is Cc1c(NS(=O)(=O)C(F)F)ccc(Oc2cc(F)cc(C#N)c2)c1C#N. The van der Waals surface area contributed by atoms with Crippen molar-refractivity contribution in [3.05, 3.63) is 52.8 Å². The number of nitrogens with one attached hydrogen (secondary N) is 1. The number of halogens is 3. The molecule has 0 aromatic heterocycles. The summed E-state index contributed by atoms with van der Waals surface area (Å²) in [5, 5.41) is 18.1. The van der Waals surface area contributed by atoms with Crippen LogP contribution in [-0.4, -0.2) is 14.2 Å². The summed E-state index contributed by atoms with van der Waals surface area (Å²) in [7, 11) is -4.90. The number of hydrogen-bond acceptors (Lipinski definition) is 5. The van der Waals surface area contributed by atoms with E-state index in [4.69, 9.17) is 10.00 Å². The third kappa shape index (κ3) is 4.05. The lowest BCUT2D eigenvalue weighted by molar-refractivity contribution is 0.236. The van der Waals surface area contributed by atoms with Gasteiger partial charge in [-0.15, -0.1) is 0 Å². The minimum Gasteiger partial charge on any atom is -0.456 e. The van der Waals surface area contributed by atoms with Gasteiger partial charge in [-0.05, 0) is 36.8 Å². The van der Waals surface area contributed by atoms with Crippen LogP contribution in [0.2, 0.25) is 0 Å². The normalized spacial score (nSPS) is 10.9. The summed E-state index contributed by atoms with van der Waals surface area (Å²) >= 11 is 0. The predicted molar refractivity (Wildman–Crippen MR) is 85.6 cm³/mol. The molecule has 2 rings (SSSR count). The molecule has 0 bridgehead atoms. The first-order valence-electron chi connectivity index (χ1n) is 6.90. The van der Waals surface area contributed by atoms with Gasteiger partial charge in [0.1, 0.15) is 23.4 Å². The van der Waals surface area contributed by atoms with Gasteiger partial charge in [0.2, 0.25) is 0 Å². The molecule has 0 aliphatic heterocycles. The molecule has 0 aliphatic rings. The number of hydrogen-bond donors (Lipinski definition) is 1. The molecule has 0 fully saturated rings. The number of nitrogens with zero attached hydrogens (tertiary/aromatic N) is 2. The van der Waals surface area contributed by atoms with E-state index in [1.807, 2.05) is 0 Å². The number of rotatable bonds is 5. The first-order valence-corrected chi connectivity index (χ1v) is 8.44. The highest BCUT2D eigenvalue weighted by atomic mass is 32.2. The highest BCUT2D eigenvalue weighted by Gasteiger charge is 2.25. The molecule has 1 N–H and O–H groups in total. The van der Waals surface area contributed by atoms with Crippen LogP contribution < -0.4 is 9.46 Å². The van der Waals surface area contributed by atoms with Crippen molar-refractivity contribution < 1.29 is 26.3 Å². The molecule has 0 saturated heterocycles. The smallest absolute Gasteiger partial charge is 0.355 e. The molecule has 0 radical (unpaired) electrons. The average Bonchev–Trinajstić information content (AvgIpc) is 2.57. The largest absolute Gasteiger partial charge is 0.456 e. The van der Waals surface area contributed by atoms with Crippen LogP contribution in [0.15, 0.2) is 30.3 Å². The van der Waals surface area contributed by atoms with E-state index in [1.165, 1.54) is 19.1 Å². The average molecular weight is 381 g/mol. The van der Waals surface area contributed by atoms with Crippen LogP contribution in [0.3, 0.4) is 0 Å². The lowest BCUT2D eigenvalue weighted by atomic mass is 10.1. The Bertz CT molecular complexity index is 1040. The molecule has 2 aromatic carbocycles. The second-order valence-corrected chi connectivity index (χ2v) is 6.67. The van der Waals surface area contributed by atoms with Crippen LogP contribution >= 0.6 is 0 Å². The Balaban J connectivity index is 2.44. The summed E-state index contributed by atoms with van der Waals surface area (Å²) < 4.78 is 68.1. The van der Waals surface area contributed by atoms with Gasteiger partial charge in [-0.1, -0.05) is 0 Å². The maximum Gasteiger partial charge on any atom is 0.355 e. The van der Waals surface area contributed by atoms with Crippen LogP contribution in [0.1, 0.15) is 16.7 Å². The zero-order chi connectivity index (χ0) is 19.5. The van der Waals surface area contributed by atoms with Crippen molar-refractivity contribution in [3.8, 4) is 23.6 Å². The number of anilines is 1. The van der Waals surface area contributed by atoms with Gasteiger partial charge < -0.3 is 4.74 Å². The molecule has 0 heterocycles. The number of alkyl halides is 2. The van der Waals surface area contributed by atoms with Crippen molar-refractivity contribution in [1.29, 1.82) is 10.5 Å². The summed E-state index contributed by atoms with van der Waals surface area (Å²) in [6.07, 6.45) is 0. The molecular formula is C16H10F3N3O3S. The van der Waals surface area contributed by atoms with Crippen LogP contribution in [0.25, 0.3) is 0 Å². The van der Waals surface area contributed by atoms with E-state index < -0.39 is 21.6 Å². The molecule has 0 saturated carbocycles. The van der Waals surface area contributed by atoms with Crippen molar-refractivity contribution >= 4 is 15.7 Å². The molecule has 0 amide bonds. The van der Waals surface area contributed by atoms with E-state index in [1.54, 1.807) is 16.9 Å². The van der Waals surface area contributed by atoms with Crippen molar-refractivity contribution in [3.63, 3.8) is 0 Å². The standard InChI is InChI=1S/C16H10F3N3O3S/c1-9-13(8-21)15(3-2-14(9)22-26(23,24)16(18)19)25-12-5-10(7-20)4-11(17)6-12/h2-6,16,22H,1H3. The van der Waals surface area contributed by atoms with Crippen molar-refractivity contribution in [2.24, 2.45) is 0 Å². The first-order chi connectivity index (χ1) is 12.2. The van der Waals surface area contributed by atoms with Gasteiger partial charge in [0, 0.05) is 6.07 Å². The molecule has 0 unspecified atom stereocenters. The predicted octanol–water partition coefficient (Wildman–Crippen LogP) is 3.63. The zero-order valence-corrected chi connectivity index (χ0v) is 13.9. The lowest BCUT2D eigenvalue weighted by Gasteiger charge is -2.14. The van der Waals surface area contributed by atoms with E-state index in [2.05, 4.69) is 0 Å². The zero-order valence-electron chi connectivity index (χ0n) is 13.1. The third-order valence-electron chi connectivity index (χ3n) is 3.25. The maximum absolute atomic E-state index is 13.5. The minimum absolute atomic E-state index is 0.00320. The Labute approximate surface area is 147 Å². The van der Waals surface area contributed by atoms with Gasteiger partial charge in [0.25, 0.3) is 10.0 Å². The molecule has 0 atom stereocenters. The molecule has 2 aromatic rings.